The number of rotatable bonds is 5. The van der Waals surface area contributed by atoms with Crippen LogP contribution in [0.2, 0.25) is 0 Å². The van der Waals surface area contributed by atoms with Gasteiger partial charge in [0.05, 0.1) is 0 Å². The summed E-state index contributed by atoms with van der Waals surface area (Å²) in [6.45, 7) is 2.25. The number of hydrogen-bond acceptors (Lipinski definition) is 0. The van der Waals surface area contributed by atoms with Gasteiger partial charge < -0.3 is 0 Å². The molecular weight excluding hydrogens is 383 g/mol. The van der Waals surface area contributed by atoms with E-state index in [1.165, 1.54) is 50.7 Å². The quantitative estimate of drug-likeness (QED) is 0.424. The molecule has 0 unspecified atom stereocenters. The van der Waals surface area contributed by atoms with Crippen LogP contribution in [0.25, 0.3) is 6.08 Å². The summed E-state index contributed by atoms with van der Waals surface area (Å²) in [4.78, 5) is 0. The second-order valence-corrected chi connectivity index (χ2v) is 8.95. The van der Waals surface area contributed by atoms with Gasteiger partial charge in [-0.3, -0.25) is 0 Å². The molecule has 0 saturated heterocycles. The van der Waals surface area contributed by atoms with Crippen LogP contribution in [0.3, 0.4) is 0 Å². The highest BCUT2D eigenvalue weighted by Gasteiger charge is 2.31. The van der Waals surface area contributed by atoms with Gasteiger partial charge in [-0.1, -0.05) is 32.6 Å². The molecule has 2 aliphatic rings. The second-order valence-electron chi connectivity index (χ2n) is 8.95. The summed E-state index contributed by atoms with van der Waals surface area (Å²) < 4.78 is 65.4. The maximum Gasteiger partial charge on any atom is 0.409 e. The van der Waals surface area contributed by atoms with E-state index in [0.29, 0.717) is 17.6 Å². The highest BCUT2D eigenvalue weighted by Crippen LogP contribution is 2.44. The fourth-order valence-corrected chi connectivity index (χ4v) is 5.46. The van der Waals surface area contributed by atoms with Crippen molar-refractivity contribution in [3.05, 3.63) is 41.0 Å². The lowest BCUT2D eigenvalue weighted by molar-refractivity contribution is -0.0790. The average molecular weight is 415 g/mol. The Labute approximate surface area is 170 Å². The third kappa shape index (κ3) is 6.05. The maximum atomic E-state index is 14.2. The minimum atomic E-state index is -4.59. The van der Waals surface area contributed by atoms with Crippen molar-refractivity contribution in [1.82, 2.24) is 0 Å². The number of alkyl halides is 3. The monoisotopic (exact) mass is 414 g/mol. The first-order valence-corrected chi connectivity index (χ1v) is 11.0. The summed E-state index contributed by atoms with van der Waals surface area (Å²) in [6.07, 6.45) is 7.59. The highest BCUT2D eigenvalue weighted by atomic mass is 19.4. The van der Waals surface area contributed by atoms with Gasteiger partial charge in [0.1, 0.15) is 11.6 Å². The first-order valence-electron chi connectivity index (χ1n) is 11.0. The van der Waals surface area contributed by atoms with Gasteiger partial charge in [-0.2, -0.15) is 13.2 Å². The molecule has 2 fully saturated rings. The zero-order chi connectivity index (χ0) is 21.0. The molecule has 0 amide bonds. The molecule has 0 atom stereocenters. The molecule has 2 saturated carbocycles. The molecule has 0 N–H and O–H groups in total. The average Bonchev–Trinajstić information content (AvgIpc) is 2.67. The van der Waals surface area contributed by atoms with Gasteiger partial charge in [0, 0.05) is 11.6 Å². The van der Waals surface area contributed by atoms with Crippen molar-refractivity contribution in [2.75, 3.05) is 0 Å². The van der Waals surface area contributed by atoms with E-state index >= 15 is 0 Å². The lowest BCUT2D eigenvalue weighted by Crippen LogP contribution is -2.25. The van der Waals surface area contributed by atoms with Crippen molar-refractivity contribution in [1.29, 1.82) is 0 Å². The Morgan fingerprint density at radius 1 is 0.862 bits per heavy atom. The molecule has 162 valence electrons. The van der Waals surface area contributed by atoms with Crippen LogP contribution in [0.5, 0.6) is 0 Å². The molecule has 1 aromatic rings. The van der Waals surface area contributed by atoms with Crippen molar-refractivity contribution in [2.45, 2.75) is 83.2 Å². The Hall–Kier alpha value is -1.39. The lowest BCUT2D eigenvalue weighted by atomic mass is 9.68. The summed E-state index contributed by atoms with van der Waals surface area (Å²) in [5, 5.41) is 0. The minimum absolute atomic E-state index is 0.0901. The van der Waals surface area contributed by atoms with Crippen LogP contribution in [0, 0.1) is 29.4 Å². The predicted octanol–water partition coefficient (Wildman–Crippen LogP) is 8.42. The van der Waals surface area contributed by atoms with Gasteiger partial charge in [0.15, 0.2) is 0 Å². The Morgan fingerprint density at radius 3 is 1.86 bits per heavy atom. The number of allylic oxidation sites excluding steroid dienone is 1. The number of hydrogen-bond donors (Lipinski definition) is 0. The molecule has 0 radical (unpaired) electrons. The molecule has 0 aliphatic heterocycles. The van der Waals surface area contributed by atoms with Crippen LogP contribution in [0.4, 0.5) is 22.0 Å². The standard InChI is InChI=1S/C24H31F5/c1-2-3-16-4-6-17(7-5-16)18-8-10-19(11-9-18)20-14-22(25)21(23(26)15-20)12-13-24(27,28)29/h12-19H,2-11H2,1H3. The minimum Gasteiger partial charge on any atom is -0.206 e. The molecule has 1 aromatic carbocycles. The van der Waals surface area contributed by atoms with Crippen LogP contribution in [0.1, 0.15) is 88.2 Å². The lowest BCUT2D eigenvalue weighted by Gasteiger charge is -2.38. The Kier molecular flexibility index (Phi) is 7.39. The fraction of sp³-hybridized carbons (Fsp3) is 0.667. The molecule has 0 aromatic heterocycles. The topological polar surface area (TPSA) is 0 Å². The van der Waals surface area contributed by atoms with Crippen LogP contribution in [-0.2, 0) is 0 Å². The summed E-state index contributed by atoms with van der Waals surface area (Å²) in [5.41, 5.74) is -0.0436. The Balaban J connectivity index is 1.58. The van der Waals surface area contributed by atoms with E-state index in [-0.39, 0.29) is 12.0 Å². The van der Waals surface area contributed by atoms with Crippen LogP contribution >= 0.6 is 0 Å². The highest BCUT2D eigenvalue weighted by molar-refractivity contribution is 5.52. The van der Waals surface area contributed by atoms with Gasteiger partial charge in [-0.25, -0.2) is 8.78 Å². The first-order chi connectivity index (χ1) is 13.8. The van der Waals surface area contributed by atoms with E-state index in [1.54, 1.807) is 0 Å². The Morgan fingerprint density at radius 2 is 1.38 bits per heavy atom. The van der Waals surface area contributed by atoms with Gasteiger partial charge in [0.2, 0.25) is 0 Å². The zero-order valence-corrected chi connectivity index (χ0v) is 17.1. The predicted molar refractivity (Wildman–Crippen MR) is 107 cm³/mol. The summed E-state index contributed by atoms with van der Waals surface area (Å²) in [7, 11) is 0. The maximum absolute atomic E-state index is 14.2. The Bertz CT molecular complexity index is 667. The van der Waals surface area contributed by atoms with Gasteiger partial charge >= 0.3 is 6.18 Å². The normalized spacial score (nSPS) is 28.8. The molecule has 0 spiro atoms. The first kappa shape index (κ1) is 22.3. The zero-order valence-electron chi connectivity index (χ0n) is 17.1. The van der Waals surface area contributed by atoms with Crippen molar-refractivity contribution in [3.63, 3.8) is 0 Å². The molecule has 29 heavy (non-hydrogen) atoms. The molecule has 0 bridgehead atoms. The van der Waals surface area contributed by atoms with E-state index in [4.69, 9.17) is 0 Å². The molecule has 2 aliphatic carbocycles. The third-order valence-corrected chi connectivity index (χ3v) is 7.04. The number of halogens is 5. The third-order valence-electron chi connectivity index (χ3n) is 7.04. The van der Waals surface area contributed by atoms with E-state index < -0.39 is 23.4 Å². The van der Waals surface area contributed by atoms with E-state index in [0.717, 1.165) is 37.5 Å². The summed E-state index contributed by atoms with van der Waals surface area (Å²) in [6, 6.07) is 2.44. The summed E-state index contributed by atoms with van der Waals surface area (Å²) >= 11 is 0. The van der Waals surface area contributed by atoms with Crippen molar-refractivity contribution >= 4 is 6.08 Å². The second kappa shape index (κ2) is 9.61. The molecular formula is C24H31F5. The van der Waals surface area contributed by atoms with Gasteiger partial charge in [-0.15, -0.1) is 0 Å². The molecule has 0 heterocycles. The van der Waals surface area contributed by atoms with Crippen molar-refractivity contribution in [2.24, 2.45) is 17.8 Å². The van der Waals surface area contributed by atoms with Gasteiger partial charge in [-0.05, 0) is 86.0 Å². The van der Waals surface area contributed by atoms with E-state index in [2.05, 4.69) is 6.92 Å². The molecule has 3 rings (SSSR count). The molecule has 0 nitrogen and oxygen atoms in total. The van der Waals surface area contributed by atoms with Crippen molar-refractivity contribution in [3.8, 4) is 0 Å². The van der Waals surface area contributed by atoms with Crippen LogP contribution < -0.4 is 0 Å². The summed E-state index contributed by atoms with van der Waals surface area (Å²) in [5.74, 6) is 0.634. The van der Waals surface area contributed by atoms with E-state index in [1.807, 2.05) is 0 Å². The van der Waals surface area contributed by atoms with Crippen LogP contribution in [-0.4, -0.2) is 6.18 Å². The van der Waals surface area contributed by atoms with Crippen LogP contribution in [0.15, 0.2) is 18.2 Å². The molecule has 5 heteroatoms. The van der Waals surface area contributed by atoms with E-state index in [9.17, 15) is 22.0 Å². The van der Waals surface area contributed by atoms with Crippen molar-refractivity contribution < 1.29 is 22.0 Å². The number of benzene rings is 1. The fourth-order valence-electron chi connectivity index (χ4n) is 5.46. The largest absolute Gasteiger partial charge is 0.409 e. The SMILES string of the molecule is CCCC1CCC(C2CCC(c3cc(F)c(C=CC(F)(F)F)c(F)c3)CC2)CC1. The van der Waals surface area contributed by atoms with Gasteiger partial charge in [0.25, 0.3) is 0 Å². The smallest absolute Gasteiger partial charge is 0.206 e.